The van der Waals surface area contributed by atoms with Crippen LogP contribution in [-0.2, 0) is 18.9 Å². The number of hydrogen-bond donors (Lipinski definition) is 2. The number of pyridine rings is 1. The zero-order valence-electron chi connectivity index (χ0n) is 24.5. The van der Waals surface area contributed by atoms with E-state index in [2.05, 4.69) is 10.3 Å². The second kappa shape index (κ2) is 14.0. The predicted molar refractivity (Wildman–Crippen MR) is 155 cm³/mol. The second-order valence-electron chi connectivity index (χ2n) is 11.3. The van der Waals surface area contributed by atoms with E-state index in [0.29, 0.717) is 12.1 Å². The molecule has 1 aromatic heterocycles. The van der Waals surface area contributed by atoms with Gasteiger partial charge in [0, 0.05) is 23.8 Å². The number of likely N-dealkylation sites (N-methyl/N-ethyl adjacent to an activating group) is 1. The molecule has 9 nitrogen and oxygen atoms in total. The van der Waals surface area contributed by atoms with Crippen LogP contribution < -0.4 is 5.32 Å². The summed E-state index contributed by atoms with van der Waals surface area (Å²) in [5.41, 5.74) is 1.61. The fraction of sp³-hybridized carbons (Fsp3) is 0.533. The first-order valence-corrected chi connectivity index (χ1v) is 14.0. The molecule has 2 N–H and O–H groups in total. The lowest BCUT2D eigenvalue weighted by Gasteiger charge is -2.39. The van der Waals surface area contributed by atoms with Crippen LogP contribution in [0.15, 0.2) is 48.5 Å². The summed E-state index contributed by atoms with van der Waals surface area (Å²) in [6.45, 7) is 11.2. The number of aromatic nitrogens is 1. The van der Waals surface area contributed by atoms with Gasteiger partial charge in [-0.25, -0.2) is 4.98 Å². The van der Waals surface area contributed by atoms with Crippen molar-refractivity contribution in [1.29, 1.82) is 0 Å². The molecule has 2 heterocycles. The van der Waals surface area contributed by atoms with Crippen molar-refractivity contribution in [2.75, 3.05) is 7.05 Å². The Bertz CT molecular complexity index is 1160. The Labute approximate surface area is 237 Å². The van der Waals surface area contributed by atoms with Crippen LogP contribution in [0, 0.1) is 5.92 Å². The van der Waals surface area contributed by atoms with Crippen LogP contribution in [0.3, 0.4) is 0 Å². The van der Waals surface area contributed by atoms with Crippen molar-refractivity contribution >= 4 is 24.8 Å². The lowest BCUT2D eigenvalue weighted by Crippen LogP contribution is -2.54. The number of benzene rings is 1. The third kappa shape index (κ3) is 7.99. The van der Waals surface area contributed by atoms with Crippen molar-refractivity contribution < 1.29 is 28.8 Å². The van der Waals surface area contributed by atoms with Crippen LogP contribution >= 0.6 is 0 Å². The summed E-state index contributed by atoms with van der Waals surface area (Å²) in [4.78, 5) is 45.9. The number of nitrogens with zero attached hydrogens (tertiary/aromatic N) is 2. The van der Waals surface area contributed by atoms with Gasteiger partial charge in [-0.3, -0.25) is 19.3 Å². The molecule has 1 aromatic carbocycles. The van der Waals surface area contributed by atoms with Crippen molar-refractivity contribution in [3.63, 3.8) is 0 Å². The highest BCUT2D eigenvalue weighted by atomic mass is 16.6. The summed E-state index contributed by atoms with van der Waals surface area (Å²) in [6, 6.07) is 12.9. The van der Waals surface area contributed by atoms with E-state index in [1.165, 1.54) is 6.92 Å². The lowest BCUT2D eigenvalue weighted by molar-refractivity contribution is -0.146. The summed E-state index contributed by atoms with van der Waals surface area (Å²) in [6.07, 6.45) is -0.905. The number of ketones is 1. The highest BCUT2D eigenvalue weighted by Gasteiger charge is 2.43. The van der Waals surface area contributed by atoms with Crippen LogP contribution in [0.5, 0.6) is 0 Å². The molecule has 1 aliphatic heterocycles. The molecular formula is C30H42BN3O6. The van der Waals surface area contributed by atoms with Gasteiger partial charge in [0.1, 0.15) is 17.8 Å². The van der Waals surface area contributed by atoms with Gasteiger partial charge in [-0.05, 0) is 59.2 Å². The number of aliphatic hydroxyl groups excluding tert-OH is 1. The topological polar surface area (TPSA) is 118 Å². The number of carbonyl (C=O) groups excluding carboxylic acids is 3. The molecule has 10 heteroatoms. The highest BCUT2D eigenvalue weighted by molar-refractivity contribution is 6.49. The van der Waals surface area contributed by atoms with Crippen LogP contribution in [0.2, 0.25) is 5.82 Å². The summed E-state index contributed by atoms with van der Waals surface area (Å²) in [7, 11) is 0.925. The largest absolute Gasteiger partial charge is 0.531 e. The van der Waals surface area contributed by atoms with Crippen LogP contribution in [-0.4, -0.2) is 77.1 Å². The van der Waals surface area contributed by atoms with Crippen LogP contribution in [0.4, 0.5) is 0 Å². The number of aliphatic hydroxyl groups is 1. The maximum absolute atomic E-state index is 13.6. The van der Waals surface area contributed by atoms with E-state index in [9.17, 15) is 19.5 Å². The van der Waals surface area contributed by atoms with Gasteiger partial charge in [-0.15, -0.1) is 0 Å². The summed E-state index contributed by atoms with van der Waals surface area (Å²) in [5, 5.41) is 13.2. The van der Waals surface area contributed by atoms with Crippen molar-refractivity contribution in [3.8, 4) is 11.3 Å². The first-order valence-electron chi connectivity index (χ1n) is 14.0. The first kappa shape index (κ1) is 31.5. The number of Topliss-reactive ketones (excluding diaryl/α,β-unsaturated/α-hetero) is 1. The quantitative estimate of drug-likeness (QED) is 0.429. The van der Waals surface area contributed by atoms with Gasteiger partial charge in [-0.2, -0.15) is 0 Å². The smallest absolute Gasteiger partial charge is 0.508 e. The Morgan fingerprint density at radius 1 is 1.07 bits per heavy atom. The first-order chi connectivity index (χ1) is 18.9. The Morgan fingerprint density at radius 3 is 2.38 bits per heavy atom. The van der Waals surface area contributed by atoms with Gasteiger partial charge >= 0.3 is 13.1 Å². The fourth-order valence-corrected chi connectivity index (χ4v) is 4.92. The highest BCUT2D eigenvalue weighted by Crippen LogP contribution is 2.30. The summed E-state index contributed by atoms with van der Waals surface area (Å²) < 4.78 is 12.0. The molecule has 0 unspecified atom stereocenters. The molecule has 0 spiro atoms. The zero-order valence-corrected chi connectivity index (χ0v) is 24.5. The van der Waals surface area contributed by atoms with E-state index in [4.69, 9.17) is 9.31 Å². The van der Waals surface area contributed by atoms with Crippen LogP contribution in [0.1, 0.15) is 64.9 Å². The number of carbonyl (C=O) groups is 3. The molecular weight excluding hydrogens is 509 g/mol. The predicted octanol–water partition coefficient (Wildman–Crippen LogP) is 3.76. The molecule has 0 bridgehead atoms. The van der Waals surface area contributed by atoms with Crippen molar-refractivity contribution in [1.82, 2.24) is 15.2 Å². The van der Waals surface area contributed by atoms with E-state index in [1.807, 2.05) is 70.0 Å². The summed E-state index contributed by atoms with van der Waals surface area (Å²) in [5.74, 6) is -1.63. The lowest BCUT2D eigenvalue weighted by atomic mass is 9.64. The van der Waals surface area contributed by atoms with E-state index < -0.39 is 43.0 Å². The Balaban J connectivity index is 1.79. The van der Waals surface area contributed by atoms with Gasteiger partial charge in [0.15, 0.2) is 5.78 Å². The minimum atomic E-state index is -1.17. The molecule has 0 radical (unpaired) electrons. The molecule has 1 amide bonds. The van der Waals surface area contributed by atoms with E-state index in [0.717, 1.165) is 5.56 Å². The van der Waals surface area contributed by atoms with Crippen molar-refractivity contribution in [2.45, 2.75) is 90.5 Å². The molecule has 3 rings (SSSR count). The van der Waals surface area contributed by atoms with Crippen LogP contribution in [0.25, 0.3) is 11.3 Å². The van der Waals surface area contributed by atoms with Gasteiger partial charge in [0.05, 0.1) is 17.9 Å². The van der Waals surface area contributed by atoms with Crippen molar-refractivity contribution in [2.24, 2.45) is 5.92 Å². The molecule has 6 atom stereocenters. The maximum atomic E-state index is 13.6. The molecule has 1 aliphatic rings. The monoisotopic (exact) mass is 551 g/mol. The zero-order chi connectivity index (χ0) is 29.6. The number of hydrogen-bond acceptors (Lipinski definition) is 8. The minimum absolute atomic E-state index is 0.0468. The molecule has 1 fully saturated rings. The standard InChI is InChI=1S/C30H42BN3O6/c1-18(2)16-24(31-39-22(6)19(3)34(7)20(4)30(38)40-31)17-27(36)28(21(5)35)33-29(37)26-15-11-14-25(32-26)23-12-9-8-10-13-23/h8-15,18-22,24,28,35H,16-17H2,1-7H3,(H,33,37)/t19-,20+,21-,22-,24-,28+/m1/s1. The van der Waals surface area contributed by atoms with Gasteiger partial charge < -0.3 is 19.7 Å². The third-order valence-electron chi connectivity index (χ3n) is 7.64. The van der Waals surface area contributed by atoms with E-state index in [-0.39, 0.29) is 36.0 Å². The average molecular weight is 551 g/mol. The number of rotatable bonds is 10. The van der Waals surface area contributed by atoms with Gasteiger partial charge in [0.2, 0.25) is 0 Å². The van der Waals surface area contributed by atoms with Crippen molar-refractivity contribution in [3.05, 3.63) is 54.2 Å². The Morgan fingerprint density at radius 2 is 1.75 bits per heavy atom. The maximum Gasteiger partial charge on any atom is 0.531 e. The number of amides is 1. The fourth-order valence-electron chi connectivity index (χ4n) is 4.92. The molecule has 2 aromatic rings. The second-order valence-corrected chi connectivity index (χ2v) is 11.3. The molecule has 0 saturated carbocycles. The van der Waals surface area contributed by atoms with E-state index >= 15 is 0 Å². The molecule has 40 heavy (non-hydrogen) atoms. The Kier molecular flexibility index (Phi) is 11.0. The molecule has 216 valence electrons. The van der Waals surface area contributed by atoms with E-state index in [1.54, 1.807) is 25.1 Å². The van der Waals surface area contributed by atoms with Gasteiger partial charge in [-0.1, -0.05) is 50.2 Å². The average Bonchev–Trinajstić information content (AvgIpc) is 2.93. The third-order valence-corrected chi connectivity index (χ3v) is 7.64. The number of nitrogens with one attached hydrogen (secondary N) is 1. The minimum Gasteiger partial charge on any atom is -0.508 e. The van der Waals surface area contributed by atoms with Gasteiger partial charge in [0.25, 0.3) is 5.91 Å². The molecule has 0 aliphatic carbocycles. The molecule has 1 saturated heterocycles. The Hall–Kier alpha value is -3.08. The SMILES string of the molecule is CC(C)C[C@H](CC(=O)[C@@H](NC(=O)c1cccc(-c2ccccc2)n1)[C@@H](C)O)B1OC(=O)[C@H](C)N(C)[C@H](C)[C@@H](C)O1. The normalized spacial score (nSPS) is 22.6. The summed E-state index contributed by atoms with van der Waals surface area (Å²) >= 11 is 0.